The molecule has 0 aliphatic rings. The fourth-order valence-corrected chi connectivity index (χ4v) is 1.69. The van der Waals surface area contributed by atoms with Crippen LogP contribution in [0.3, 0.4) is 0 Å². The van der Waals surface area contributed by atoms with Crippen molar-refractivity contribution >= 4 is 10.8 Å². The molecule has 1 aromatic heterocycles. The van der Waals surface area contributed by atoms with Gasteiger partial charge in [0.15, 0.2) is 0 Å². The van der Waals surface area contributed by atoms with E-state index < -0.39 is 0 Å². The van der Waals surface area contributed by atoms with Crippen LogP contribution in [0.4, 0.5) is 0 Å². The van der Waals surface area contributed by atoms with E-state index in [2.05, 4.69) is 4.98 Å². The molecule has 0 radical (unpaired) electrons. The average Bonchev–Trinajstić information content (AvgIpc) is 2.39. The molecular formula is C14H15NO2. The number of aliphatic hydroxyl groups excluding tert-OH is 1. The lowest BCUT2D eigenvalue weighted by atomic mass is 10.1. The fourth-order valence-electron chi connectivity index (χ4n) is 1.69. The Morgan fingerprint density at radius 1 is 1.29 bits per heavy atom. The van der Waals surface area contributed by atoms with Gasteiger partial charge in [0.1, 0.15) is 6.61 Å². The number of aromatic nitrogens is 1. The monoisotopic (exact) mass is 229 g/mol. The largest absolute Gasteiger partial charge is 0.473 e. The van der Waals surface area contributed by atoms with Gasteiger partial charge in [-0.3, -0.25) is 0 Å². The van der Waals surface area contributed by atoms with Crippen molar-refractivity contribution in [3.63, 3.8) is 0 Å². The summed E-state index contributed by atoms with van der Waals surface area (Å²) in [5.41, 5.74) is 0.819. The van der Waals surface area contributed by atoms with Crippen molar-refractivity contribution in [2.45, 2.75) is 13.5 Å². The van der Waals surface area contributed by atoms with Crippen LogP contribution < -0.4 is 4.74 Å². The maximum Gasteiger partial charge on any atom is 0.221 e. The fraction of sp³-hybridized carbons (Fsp3) is 0.214. The van der Waals surface area contributed by atoms with Crippen molar-refractivity contribution in [1.82, 2.24) is 4.98 Å². The molecule has 0 bridgehead atoms. The minimum absolute atomic E-state index is 0.0113. The van der Waals surface area contributed by atoms with E-state index in [1.165, 1.54) is 0 Å². The molecule has 0 saturated heterocycles. The van der Waals surface area contributed by atoms with Crippen molar-refractivity contribution < 1.29 is 9.84 Å². The molecule has 0 fully saturated rings. The first-order valence-electron chi connectivity index (χ1n) is 5.58. The van der Waals surface area contributed by atoms with Crippen molar-refractivity contribution in [2.75, 3.05) is 6.61 Å². The lowest BCUT2D eigenvalue weighted by Gasteiger charge is -2.08. The first-order valence-corrected chi connectivity index (χ1v) is 5.58. The summed E-state index contributed by atoms with van der Waals surface area (Å²) in [5, 5.41) is 11.2. The molecule has 2 rings (SSSR count). The van der Waals surface area contributed by atoms with E-state index in [0.717, 1.165) is 16.3 Å². The van der Waals surface area contributed by atoms with E-state index in [-0.39, 0.29) is 6.61 Å². The Hall–Kier alpha value is -1.87. The molecule has 0 spiro atoms. The summed E-state index contributed by atoms with van der Waals surface area (Å²) in [6.07, 6.45) is 5.52. The van der Waals surface area contributed by atoms with E-state index in [4.69, 9.17) is 4.74 Å². The second-order valence-corrected chi connectivity index (χ2v) is 3.67. The topological polar surface area (TPSA) is 42.4 Å². The molecule has 0 amide bonds. The molecule has 1 N–H and O–H groups in total. The summed E-state index contributed by atoms with van der Waals surface area (Å²) in [4.78, 5) is 4.23. The van der Waals surface area contributed by atoms with Crippen molar-refractivity contribution in [1.29, 1.82) is 0 Å². The molecule has 1 aromatic carbocycles. The standard InChI is InChI=1S/C14H15NO2/c1-2-3-8-17-14-13-7-5-4-6-12(13)11(10-16)9-15-14/h2-7,9,16H,8,10H2,1H3/b3-2+. The second kappa shape index (κ2) is 5.46. The van der Waals surface area contributed by atoms with Gasteiger partial charge in [-0.2, -0.15) is 0 Å². The summed E-state index contributed by atoms with van der Waals surface area (Å²) in [5.74, 6) is 0.607. The Morgan fingerprint density at radius 3 is 2.76 bits per heavy atom. The third kappa shape index (κ3) is 2.45. The molecule has 17 heavy (non-hydrogen) atoms. The van der Waals surface area contributed by atoms with Crippen LogP contribution in [0.25, 0.3) is 10.8 Å². The number of allylic oxidation sites excluding steroid dienone is 1. The number of fused-ring (bicyclic) bond motifs is 1. The third-order valence-electron chi connectivity index (χ3n) is 2.56. The molecule has 1 heterocycles. The second-order valence-electron chi connectivity index (χ2n) is 3.67. The van der Waals surface area contributed by atoms with Crippen LogP contribution in [0.5, 0.6) is 5.88 Å². The Kier molecular flexibility index (Phi) is 3.73. The number of aliphatic hydroxyl groups is 1. The zero-order valence-corrected chi connectivity index (χ0v) is 9.76. The van der Waals surface area contributed by atoms with Gasteiger partial charge in [-0.05, 0) is 18.4 Å². The Bertz CT molecular complexity index is 535. The van der Waals surface area contributed by atoms with Crippen molar-refractivity contribution in [3.05, 3.63) is 48.2 Å². The summed E-state index contributed by atoms with van der Waals surface area (Å²) in [6, 6.07) is 7.79. The van der Waals surface area contributed by atoms with Gasteiger partial charge in [-0.25, -0.2) is 4.98 Å². The Balaban J connectivity index is 2.43. The highest BCUT2D eigenvalue weighted by Crippen LogP contribution is 2.25. The van der Waals surface area contributed by atoms with Crippen LogP contribution in [0, 0.1) is 0 Å². The van der Waals surface area contributed by atoms with Crippen molar-refractivity contribution in [3.8, 4) is 5.88 Å². The summed E-state index contributed by atoms with van der Waals surface area (Å²) >= 11 is 0. The normalized spacial score (nSPS) is 11.2. The average molecular weight is 229 g/mol. The zero-order valence-electron chi connectivity index (χ0n) is 9.76. The quantitative estimate of drug-likeness (QED) is 0.819. The third-order valence-corrected chi connectivity index (χ3v) is 2.56. The highest BCUT2D eigenvalue weighted by atomic mass is 16.5. The van der Waals surface area contributed by atoms with Gasteiger partial charge in [-0.1, -0.05) is 30.4 Å². The summed E-state index contributed by atoms with van der Waals surface area (Å²) < 4.78 is 5.58. The Labute approximate surface area is 100 Å². The lowest BCUT2D eigenvalue weighted by molar-refractivity contribution is 0.282. The number of pyridine rings is 1. The van der Waals surface area contributed by atoms with Gasteiger partial charge in [0, 0.05) is 17.1 Å². The highest BCUT2D eigenvalue weighted by Gasteiger charge is 2.06. The number of benzene rings is 1. The van der Waals surface area contributed by atoms with Crippen LogP contribution in [-0.4, -0.2) is 16.7 Å². The molecule has 0 aliphatic carbocycles. The maximum atomic E-state index is 9.25. The van der Waals surface area contributed by atoms with Crippen LogP contribution in [0.2, 0.25) is 0 Å². The van der Waals surface area contributed by atoms with Gasteiger partial charge >= 0.3 is 0 Å². The smallest absolute Gasteiger partial charge is 0.221 e. The number of hydrogen-bond donors (Lipinski definition) is 1. The summed E-state index contributed by atoms with van der Waals surface area (Å²) in [6.45, 7) is 2.44. The number of ether oxygens (including phenoxy) is 1. The van der Waals surface area contributed by atoms with E-state index in [1.807, 2.05) is 43.3 Å². The number of nitrogens with zero attached hydrogens (tertiary/aromatic N) is 1. The minimum Gasteiger partial charge on any atom is -0.473 e. The molecular weight excluding hydrogens is 214 g/mol. The van der Waals surface area contributed by atoms with Gasteiger partial charge < -0.3 is 9.84 Å². The molecule has 0 aliphatic heterocycles. The first kappa shape index (κ1) is 11.6. The predicted molar refractivity (Wildman–Crippen MR) is 68.0 cm³/mol. The number of hydrogen-bond acceptors (Lipinski definition) is 3. The lowest BCUT2D eigenvalue weighted by Crippen LogP contribution is -1.98. The zero-order chi connectivity index (χ0) is 12.1. The minimum atomic E-state index is -0.0113. The van der Waals surface area contributed by atoms with Gasteiger partial charge in [0.25, 0.3) is 0 Å². The van der Waals surface area contributed by atoms with E-state index in [1.54, 1.807) is 6.20 Å². The van der Waals surface area contributed by atoms with E-state index >= 15 is 0 Å². The number of rotatable bonds is 4. The van der Waals surface area contributed by atoms with Crippen LogP contribution in [-0.2, 0) is 6.61 Å². The van der Waals surface area contributed by atoms with Gasteiger partial charge in [0.05, 0.1) is 6.61 Å². The van der Waals surface area contributed by atoms with Crippen LogP contribution in [0.15, 0.2) is 42.6 Å². The van der Waals surface area contributed by atoms with E-state index in [0.29, 0.717) is 12.5 Å². The molecule has 2 aromatic rings. The molecule has 3 nitrogen and oxygen atoms in total. The first-order chi connectivity index (χ1) is 8.36. The molecule has 3 heteroatoms. The van der Waals surface area contributed by atoms with Gasteiger partial charge in [-0.15, -0.1) is 0 Å². The van der Waals surface area contributed by atoms with Crippen LogP contribution >= 0.6 is 0 Å². The maximum absolute atomic E-state index is 9.25. The molecule has 0 unspecified atom stereocenters. The molecule has 0 saturated carbocycles. The van der Waals surface area contributed by atoms with Crippen LogP contribution in [0.1, 0.15) is 12.5 Å². The molecule has 88 valence electrons. The van der Waals surface area contributed by atoms with E-state index in [9.17, 15) is 5.11 Å². The summed E-state index contributed by atoms with van der Waals surface area (Å²) in [7, 11) is 0. The Morgan fingerprint density at radius 2 is 2.06 bits per heavy atom. The molecule has 0 atom stereocenters. The van der Waals surface area contributed by atoms with Gasteiger partial charge in [0.2, 0.25) is 5.88 Å². The predicted octanol–water partition coefficient (Wildman–Crippen LogP) is 2.68. The highest BCUT2D eigenvalue weighted by molar-refractivity contribution is 5.89. The SMILES string of the molecule is C/C=C/COc1ncc(CO)c2ccccc12. The van der Waals surface area contributed by atoms with Crippen molar-refractivity contribution in [2.24, 2.45) is 0 Å².